The van der Waals surface area contributed by atoms with Crippen molar-refractivity contribution in [3.05, 3.63) is 52.6 Å². The van der Waals surface area contributed by atoms with Crippen molar-refractivity contribution in [2.24, 2.45) is 11.8 Å². The minimum Gasteiger partial charge on any atom is -0.504 e. The van der Waals surface area contributed by atoms with Crippen molar-refractivity contribution < 1.29 is 50.9 Å². The summed E-state index contributed by atoms with van der Waals surface area (Å²) < 4.78 is 86.5. The number of phenols is 1. The standard InChI is InChI=1S/C29H26F6N2O5/c30-28(31,32)15-8-16(29(33,34)35)10-17(9-15)36-25(40)18-11-27(41)20-7-14-3-4-19(38)23-21(14)26(27,24(42-23)22(18)39)5-6-37(20)12-13-1-2-13/h3-4,8-10,13,18,20,24,38,41H,1-2,5-7,11-12H2,(H,36,40)/t18?,20-,24+,26+,27-/m1/s1. The van der Waals surface area contributed by atoms with Crippen LogP contribution in [0, 0.1) is 11.8 Å². The molecule has 2 saturated carbocycles. The molecule has 1 spiro atoms. The van der Waals surface area contributed by atoms with Gasteiger partial charge in [0.15, 0.2) is 23.4 Å². The van der Waals surface area contributed by atoms with E-state index in [1.54, 1.807) is 6.07 Å². The second-order valence-electron chi connectivity index (χ2n) is 12.2. The van der Waals surface area contributed by atoms with Crippen LogP contribution in [0.2, 0.25) is 0 Å². The van der Waals surface area contributed by atoms with Crippen molar-refractivity contribution in [2.75, 3.05) is 18.4 Å². The van der Waals surface area contributed by atoms with E-state index in [1.807, 2.05) is 0 Å². The number of piperidine rings is 1. The number of aliphatic hydroxyl groups is 1. The molecule has 7 rings (SSSR count). The van der Waals surface area contributed by atoms with Gasteiger partial charge >= 0.3 is 12.4 Å². The van der Waals surface area contributed by atoms with Crippen LogP contribution >= 0.6 is 0 Å². The number of hydrogen-bond acceptors (Lipinski definition) is 6. The zero-order chi connectivity index (χ0) is 30.0. The molecule has 42 heavy (non-hydrogen) atoms. The number of halogens is 6. The number of likely N-dealkylation sites (tertiary alicyclic amines) is 1. The third-order valence-electron chi connectivity index (χ3n) is 9.80. The van der Waals surface area contributed by atoms with Crippen LogP contribution in [0.3, 0.4) is 0 Å². The van der Waals surface area contributed by atoms with Crippen molar-refractivity contribution in [2.45, 2.75) is 67.6 Å². The van der Waals surface area contributed by atoms with Gasteiger partial charge in [0, 0.05) is 23.8 Å². The Labute approximate surface area is 235 Å². The zero-order valence-corrected chi connectivity index (χ0v) is 22.0. The Hall–Kier alpha value is -3.32. The molecule has 1 saturated heterocycles. The maximum absolute atomic E-state index is 13.9. The molecule has 2 aromatic rings. The molecule has 3 N–H and O–H groups in total. The summed E-state index contributed by atoms with van der Waals surface area (Å²) in [5.41, 5.74) is -5.61. The Morgan fingerprint density at radius 3 is 2.36 bits per heavy atom. The lowest BCUT2D eigenvalue weighted by atomic mass is 9.47. The highest BCUT2D eigenvalue weighted by Gasteiger charge is 2.75. The van der Waals surface area contributed by atoms with Crippen molar-refractivity contribution in [3.8, 4) is 11.5 Å². The van der Waals surface area contributed by atoms with Gasteiger partial charge in [0.05, 0.1) is 22.1 Å². The largest absolute Gasteiger partial charge is 0.504 e. The van der Waals surface area contributed by atoms with Gasteiger partial charge in [-0.15, -0.1) is 0 Å². The fraction of sp³-hybridized carbons (Fsp3) is 0.517. The summed E-state index contributed by atoms with van der Waals surface area (Å²) in [7, 11) is 0. The molecule has 1 amide bonds. The van der Waals surface area contributed by atoms with Crippen molar-refractivity contribution in [1.82, 2.24) is 4.90 Å². The smallest absolute Gasteiger partial charge is 0.416 e. The molecule has 1 unspecified atom stereocenters. The van der Waals surface area contributed by atoms with Crippen molar-refractivity contribution in [3.63, 3.8) is 0 Å². The van der Waals surface area contributed by atoms with Gasteiger partial charge in [-0.1, -0.05) is 6.07 Å². The Balaban J connectivity index is 1.28. The molecule has 5 aliphatic rings. The first kappa shape index (κ1) is 27.5. The number of anilines is 1. The van der Waals surface area contributed by atoms with Crippen LogP contribution in [0.25, 0.3) is 0 Å². The molecular weight excluding hydrogens is 570 g/mol. The van der Waals surface area contributed by atoms with E-state index >= 15 is 0 Å². The third kappa shape index (κ3) is 3.81. The summed E-state index contributed by atoms with van der Waals surface area (Å²) in [5.74, 6) is -3.22. The maximum atomic E-state index is 13.9. The van der Waals surface area contributed by atoms with Gasteiger partial charge in [-0.2, -0.15) is 26.3 Å². The zero-order valence-electron chi connectivity index (χ0n) is 22.0. The van der Waals surface area contributed by atoms with E-state index in [2.05, 4.69) is 10.2 Å². The molecular formula is C29H26F6N2O5. The highest BCUT2D eigenvalue weighted by molar-refractivity contribution is 6.10. The number of amides is 1. The molecule has 224 valence electrons. The number of benzene rings is 2. The Morgan fingerprint density at radius 1 is 1.07 bits per heavy atom. The van der Waals surface area contributed by atoms with Gasteiger partial charge in [0.25, 0.3) is 0 Å². The quantitative estimate of drug-likeness (QED) is 0.357. The van der Waals surface area contributed by atoms with Crippen molar-refractivity contribution >= 4 is 17.4 Å². The lowest BCUT2D eigenvalue weighted by Crippen LogP contribution is -2.78. The number of alkyl halides is 6. The molecule has 2 aromatic carbocycles. The van der Waals surface area contributed by atoms with Gasteiger partial charge in [0.2, 0.25) is 5.91 Å². The number of aromatic hydroxyl groups is 1. The molecule has 3 aliphatic carbocycles. The van der Waals surface area contributed by atoms with Crippen molar-refractivity contribution in [1.29, 1.82) is 0 Å². The lowest BCUT2D eigenvalue weighted by Gasteiger charge is -2.63. The Bertz CT molecular complexity index is 1490. The summed E-state index contributed by atoms with van der Waals surface area (Å²) in [6.45, 7) is 1.26. The van der Waals surface area contributed by atoms with Crippen LogP contribution < -0.4 is 10.1 Å². The molecule has 13 heteroatoms. The normalized spacial score (nSPS) is 31.9. The highest BCUT2D eigenvalue weighted by atomic mass is 19.4. The third-order valence-corrected chi connectivity index (χ3v) is 9.80. The van der Waals surface area contributed by atoms with Gasteiger partial charge < -0.3 is 20.3 Å². The average molecular weight is 597 g/mol. The van der Waals surface area contributed by atoms with E-state index in [9.17, 15) is 46.1 Å². The fourth-order valence-electron chi connectivity index (χ4n) is 7.78. The van der Waals surface area contributed by atoms with Gasteiger partial charge in [-0.25, -0.2) is 0 Å². The number of ether oxygens (including phenoxy) is 1. The second kappa shape index (κ2) is 8.62. The molecule has 0 aromatic heterocycles. The first-order valence-corrected chi connectivity index (χ1v) is 13.8. The first-order chi connectivity index (χ1) is 19.6. The number of hydrogen-bond donors (Lipinski definition) is 3. The summed E-state index contributed by atoms with van der Waals surface area (Å²) >= 11 is 0. The topological polar surface area (TPSA) is 99.1 Å². The number of nitrogens with one attached hydrogen (secondary N) is 1. The van der Waals surface area contributed by atoms with Gasteiger partial charge in [0.1, 0.15) is 5.92 Å². The second-order valence-corrected chi connectivity index (χ2v) is 12.2. The van der Waals surface area contributed by atoms with Crippen LogP contribution in [-0.4, -0.2) is 57.6 Å². The number of ketones is 1. The number of nitrogens with zero attached hydrogens (tertiary/aromatic N) is 1. The van der Waals surface area contributed by atoms with Crippen LogP contribution in [0.1, 0.15) is 47.9 Å². The van der Waals surface area contributed by atoms with E-state index in [0.717, 1.165) is 18.4 Å². The minimum absolute atomic E-state index is 0.0563. The number of carbonyl (C=O) groups is 2. The monoisotopic (exact) mass is 596 g/mol. The summed E-state index contributed by atoms with van der Waals surface area (Å²) in [5, 5.41) is 25.3. The molecule has 2 aliphatic heterocycles. The summed E-state index contributed by atoms with van der Waals surface area (Å²) in [6.07, 6.45) is -9.26. The molecule has 7 nitrogen and oxygen atoms in total. The SMILES string of the molecule is O=C(Nc1cc(C(F)(F)F)cc(C(F)(F)F)c1)C1C[C@@]2(O)[C@H]3Cc4ccc(O)c5c4[C@@]2(CCN3CC2CC2)[C@@H](O5)C1=O. The number of phenolic OH excluding ortho intramolecular Hbond substituents is 1. The van der Waals surface area contributed by atoms with Crippen LogP contribution in [-0.2, 0) is 33.8 Å². The molecule has 0 radical (unpaired) electrons. The first-order valence-electron chi connectivity index (χ1n) is 13.8. The van der Waals surface area contributed by atoms with Gasteiger partial charge in [-0.3, -0.25) is 14.5 Å². The Morgan fingerprint density at radius 2 is 1.74 bits per heavy atom. The predicted molar refractivity (Wildman–Crippen MR) is 134 cm³/mol. The summed E-state index contributed by atoms with van der Waals surface area (Å²) in [6, 6.07) is 3.36. The number of rotatable bonds is 4. The average Bonchev–Trinajstić information content (AvgIpc) is 3.64. The Kier molecular flexibility index (Phi) is 5.65. The van der Waals surface area contributed by atoms with E-state index in [1.165, 1.54) is 6.07 Å². The van der Waals surface area contributed by atoms with Crippen LogP contribution in [0.4, 0.5) is 32.0 Å². The van der Waals surface area contributed by atoms with E-state index in [0.29, 0.717) is 49.5 Å². The summed E-state index contributed by atoms with van der Waals surface area (Å²) in [4.78, 5) is 29.6. The number of Topliss-reactive ketones (excluding diaryl/α,β-unsaturated/α-hetero) is 1. The molecule has 2 heterocycles. The lowest BCUT2D eigenvalue weighted by molar-refractivity contribution is -0.197. The van der Waals surface area contributed by atoms with E-state index in [-0.39, 0.29) is 17.6 Å². The number of carbonyl (C=O) groups excluding carboxylic acids is 2. The van der Waals surface area contributed by atoms with E-state index in [4.69, 9.17) is 4.74 Å². The molecule has 3 fully saturated rings. The maximum Gasteiger partial charge on any atom is 0.416 e. The fourth-order valence-corrected chi connectivity index (χ4v) is 7.78. The minimum atomic E-state index is -5.13. The van der Waals surface area contributed by atoms with Crippen LogP contribution in [0.5, 0.6) is 11.5 Å². The van der Waals surface area contributed by atoms with Gasteiger partial charge in [-0.05, 0) is 74.4 Å². The highest BCUT2D eigenvalue weighted by Crippen LogP contribution is 2.65. The predicted octanol–water partition coefficient (Wildman–Crippen LogP) is 4.43. The molecule has 2 bridgehead atoms. The molecule has 5 atom stereocenters. The van der Waals surface area contributed by atoms with Crippen LogP contribution in [0.15, 0.2) is 30.3 Å². The van der Waals surface area contributed by atoms with E-state index < -0.39 is 76.4 Å².